The third kappa shape index (κ3) is 2.39. The van der Waals surface area contributed by atoms with E-state index in [9.17, 15) is 4.79 Å². The minimum atomic E-state index is -0.593. The molecule has 0 aliphatic heterocycles. The molecule has 0 bridgehead atoms. The van der Waals surface area contributed by atoms with E-state index in [0.29, 0.717) is 12.4 Å². The lowest BCUT2D eigenvalue weighted by Crippen LogP contribution is -2.12. The highest BCUT2D eigenvalue weighted by Crippen LogP contribution is 2.15. The fraction of sp³-hybridized carbons (Fsp3) is 0.0833. The molecule has 0 atom stereocenters. The molecular formula is C12H10N7O. The first-order chi connectivity index (χ1) is 9.72. The van der Waals surface area contributed by atoms with Gasteiger partial charge in [0.15, 0.2) is 5.69 Å². The van der Waals surface area contributed by atoms with Crippen molar-refractivity contribution in [1.82, 2.24) is 30.4 Å². The number of carbonyl (C=O) groups excluding carboxylic acids is 1. The van der Waals surface area contributed by atoms with Gasteiger partial charge in [0.05, 0.1) is 6.54 Å². The van der Waals surface area contributed by atoms with Crippen LogP contribution in [0.2, 0.25) is 0 Å². The molecule has 3 aromatic rings. The standard InChI is InChI=1S/C12H10N7O/c13-11(20)10-4-5-19(16-10)7-8-2-1-3-9(6-8)12-14-17-18-15-12/h1-3,5-6H,7H2,(H2,13,20)(H,14,15,17,18). The molecule has 99 valence electrons. The average molecular weight is 268 g/mol. The number of nitrogens with zero attached hydrogens (tertiary/aromatic N) is 5. The van der Waals surface area contributed by atoms with Crippen LogP contribution in [0.15, 0.2) is 30.5 Å². The number of benzene rings is 1. The van der Waals surface area contributed by atoms with Gasteiger partial charge in [0.25, 0.3) is 5.91 Å². The minimum absolute atomic E-state index is 0.124. The maximum absolute atomic E-state index is 11.0. The summed E-state index contributed by atoms with van der Waals surface area (Å²) >= 11 is 0. The SMILES string of the molecule is NC(=O)c1[c]cn(Cc2cccc(-c3nn[nH]n3)c2)n1. The number of nitrogens with one attached hydrogen (secondary N) is 1. The number of rotatable bonds is 4. The third-order valence-electron chi connectivity index (χ3n) is 2.69. The Morgan fingerprint density at radius 3 is 3.05 bits per heavy atom. The van der Waals surface area contributed by atoms with Gasteiger partial charge in [0, 0.05) is 17.8 Å². The van der Waals surface area contributed by atoms with Crippen LogP contribution in [0.25, 0.3) is 11.4 Å². The molecule has 3 rings (SSSR count). The zero-order valence-electron chi connectivity index (χ0n) is 10.3. The topological polar surface area (TPSA) is 115 Å². The van der Waals surface area contributed by atoms with Crippen molar-refractivity contribution in [3.05, 3.63) is 47.8 Å². The van der Waals surface area contributed by atoms with Crippen LogP contribution in [0.5, 0.6) is 0 Å². The minimum Gasteiger partial charge on any atom is -0.364 e. The van der Waals surface area contributed by atoms with Crippen LogP contribution in [0, 0.1) is 6.07 Å². The molecule has 8 heteroatoms. The van der Waals surface area contributed by atoms with Crippen molar-refractivity contribution in [1.29, 1.82) is 0 Å². The summed E-state index contributed by atoms with van der Waals surface area (Å²) in [4.78, 5) is 11.0. The Morgan fingerprint density at radius 1 is 1.45 bits per heavy atom. The predicted molar refractivity (Wildman–Crippen MR) is 68.3 cm³/mol. The first-order valence-electron chi connectivity index (χ1n) is 5.80. The van der Waals surface area contributed by atoms with Crippen LogP contribution in [0.1, 0.15) is 16.1 Å². The van der Waals surface area contributed by atoms with Crippen molar-refractivity contribution >= 4 is 5.91 Å². The second-order valence-electron chi connectivity index (χ2n) is 4.12. The molecule has 0 spiro atoms. The van der Waals surface area contributed by atoms with Crippen molar-refractivity contribution in [2.75, 3.05) is 0 Å². The Bertz CT molecular complexity index is 732. The van der Waals surface area contributed by atoms with Crippen LogP contribution in [0.3, 0.4) is 0 Å². The van der Waals surface area contributed by atoms with E-state index in [-0.39, 0.29) is 5.69 Å². The summed E-state index contributed by atoms with van der Waals surface area (Å²) in [5.41, 5.74) is 7.10. The van der Waals surface area contributed by atoms with Crippen LogP contribution < -0.4 is 5.73 Å². The summed E-state index contributed by atoms with van der Waals surface area (Å²) in [7, 11) is 0. The van der Waals surface area contributed by atoms with E-state index in [0.717, 1.165) is 11.1 Å². The molecule has 20 heavy (non-hydrogen) atoms. The van der Waals surface area contributed by atoms with Crippen molar-refractivity contribution < 1.29 is 4.79 Å². The number of aromatic amines is 1. The molecule has 3 N–H and O–H groups in total. The van der Waals surface area contributed by atoms with Gasteiger partial charge in [-0.2, -0.15) is 10.3 Å². The number of hydrogen-bond acceptors (Lipinski definition) is 5. The number of H-pyrrole nitrogens is 1. The second kappa shape index (κ2) is 4.92. The van der Waals surface area contributed by atoms with E-state index in [4.69, 9.17) is 5.73 Å². The molecule has 0 saturated carbocycles. The molecule has 8 nitrogen and oxygen atoms in total. The fourth-order valence-corrected chi connectivity index (χ4v) is 1.80. The lowest BCUT2D eigenvalue weighted by Gasteiger charge is -2.03. The highest BCUT2D eigenvalue weighted by atomic mass is 16.1. The summed E-state index contributed by atoms with van der Waals surface area (Å²) in [6.45, 7) is 0.496. The number of primary amides is 1. The van der Waals surface area contributed by atoms with Gasteiger partial charge < -0.3 is 5.73 Å². The molecular weight excluding hydrogens is 258 g/mol. The molecule has 0 aliphatic rings. The monoisotopic (exact) mass is 268 g/mol. The van der Waals surface area contributed by atoms with Crippen molar-refractivity contribution in [3.8, 4) is 11.4 Å². The molecule has 0 unspecified atom stereocenters. The van der Waals surface area contributed by atoms with Crippen molar-refractivity contribution in [2.45, 2.75) is 6.54 Å². The van der Waals surface area contributed by atoms with E-state index in [1.807, 2.05) is 24.3 Å². The molecule has 0 fully saturated rings. The number of tetrazole rings is 1. The molecule has 2 heterocycles. The van der Waals surface area contributed by atoms with Crippen LogP contribution in [-0.4, -0.2) is 36.3 Å². The van der Waals surface area contributed by atoms with Gasteiger partial charge in [-0.25, -0.2) is 0 Å². The smallest absolute Gasteiger partial charge is 0.269 e. The quantitative estimate of drug-likeness (QED) is 0.691. The number of hydrogen-bond donors (Lipinski definition) is 2. The molecule has 0 saturated heterocycles. The molecule has 0 aliphatic carbocycles. The Labute approximate surface area is 113 Å². The predicted octanol–water partition coefficient (Wildman–Crippen LogP) is 0.0106. The van der Waals surface area contributed by atoms with Gasteiger partial charge in [-0.15, -0.1) is 10.2 Å². The van der Waals surface area contributed by atoms with Crippen LogP contribution >= 0.6 is 0 Å². The Kier molecular flexibility index (Phi) is 2.96. The van der Waals surface area contributed by atoms with Gasteiger partial charge in [-0.05, 0) is 16.8 Å². The Morgan fingerprint density at radius 2 is 2.35 bits per heavy atom. The zero-order valence-corrected chi connectivity index (χ0v) is 10.3. The normalized spacial score (nSPS) is 10.6. The average Bonchev–Trinajstić information content (AvgIpc) is 3.10. The summed E-state index contributed by atoms with van der Waals surface area (Å²) in [6, 6.07) is 10.4. The summed E-state index contributed by atoms with van der Waals surface area (Å²) < 4.78 is 1.59. The lowest BCUT2D eigenvalue weighted by molar-refractivity contribution is 0.0994. The van der Waals surface area contributed by atoms with Crippen LogP contribution in [0.4, 0.5) is 0 Å². The van der Waals surface area contributed by atoms with Gasteiger partial charge in [-0.1, -0.05) is 18.2 Å². The number of carbonyl (C=O) groups is 1. The summed E-state index contributed by atoms with van der Waals surface area (Å²) in [5.74, 6) is -0.0685. The van der Waals surface area contributed by atoms with E-state index in [1.165, 1.54) is 0 Å². The summed E-state index contributed by atoms with van der Waals surface area (Å²) in [6.07, 6.45) is 1.58. The van der Waals surface area contributed by atoms with E-state index in [1.54, 1.807) is 10.9 Å². The summed E-state index contributed by atoms with van der Waals surface area (Å²) in [5, 5.41) is 17.8. The first kappa shape index (κ1) is 12.0. The van der Waals surface area contributed by atoms with Crippen molar-refractivity contribution in [3.63, 3.8) is 0 Å². The number of nitrogens with two attached hydrogens (primary N) is 1. The Balaban J connectivity index is 1.84. The van der Waals surface area contributed by atoms with Crippen molar-refractivity contribution in [2.24, 2.45) is 5.73 Å². The third-order valence-corrected chi connectivity index (χ3v) is 2.69. The van der Waals surface area contributed by atoms with Gasteiger partial charge in [-0.3, -0.25) is 9.48 Å². The molecule has 2 aromatic heterocycles. The van der Waals surface area contributed by atoms with Gasteiger partial charge in [0.2, 0.25) is 5.82 Å². The number of amides is 1. The molecule has 1 radical (unpaired) electrons. The fourth-order valence-electron chi connectivity index (χ4n) is 1.80. The lowest BCUT2D eigenvalue weighted by atomic mass is 10.1. The molecule has 1 amide bonds. The van der Waals surface area contributed by atoms with Gasteiger partial charge >= 0.3 is 0 Å². The highest BCUT2D eigenvalue weighted by Gasteiger charge is 2.07. The van der Waals surface area contributed by atoms with E-state index < -0.39 is 5.91 Å². The van der Waals surface area contributed by atoms with Crippen LogP contribution in [-0.2, 0) is 6.54 Å². The second-order valence-corrected chi connectivity index (χ2v) is 4.12. The maximum atomic E-state index is 11.0. The van der Waals surface area contributed by atoms with E-state index >= 15 is 0 Å². The number of aromatic nitrogens is 6. The van der Waals surface area contributed by atoms with E-state index in [2.05, 4.69) is 31.8 Å². The first-order valence-corrected chi connectivity index (χ1v) is 5.80. The van der Waals surface area contributed by atoms with Gasteiger partial charge in [0.1, 0.15) is 0 Å². The largest absolute Gasteiger partial charge is 0.364 e. The molecule has 1 aromatic carbocycles. The Hall–Kier alpha value is -3.03. The zero-order chi connectivity index (χ0) is 13.9. The maximum Gasteiger partial charge on any atom is 0.269 e. The highest BCUT2D eigenvalue weighted by molar-refractivity contribution is 5.90.